The highest BCUT2D eigenvalue weighted by molar-refractivity contribution is 5.99. The van der Waals surface area contributed by atoms with Crippen molar-refractivity contribution in [3.05, 3.63) is 65.9 Å². The Hall–Kier alpha value is -2.50. The van der Waals surface area contributed by atoms with Gasteiger partial charge >= 0.3 is 0 Å². The van der Waals surface area contributed by atoms with Crippen molar-refractivity contribution in [1.82, 2.24) is 10.6 Å². The van der Waals surface area contributed by atoms with Gasteiger partial charge in [0, 0.05) is 23.0 Å². The van der Waals surface area contributed by atoms with Gasteiger partial charge in [0.1, 0.15) is 17.9 Å². The Kier molecular flexibility index (Phi) is 6.60. The summed E-state index contributed by atoms with van der Waals surface area (Å²) in [5, 5.41) is 7.45. The number of hydrogen-bond donors (Lipinski definition) is 2. The summed E-state index contributed by atoms with van der Waals surface area (Å²) in [5.41, 5.74) is 1.49. The molecule has 0 aliphatic carbocycles. The van der Waals surface area contributed by atoms with Gasteiger partial charge in [0.25, 0.3) is 5.91 Å². The number of para-hydroxylation sites is 2. The lowest BCUT2D eigenvalue weighted by Crippen LogP contribution is -2.46. The standard InChI is InChI=1S/C22H24N2O3.ClH/c1-15-13-16(11-12-23-15)24-22(25)21-19(14-26-17-7-3-2-4-8-17)18-9-5-6-10-20(18)27-21;/h2-10,15-16,23H,11-14H2,1H3,(H,24,25);1H. The summed E-state index contributed by atoms with van der Waals surface area (Å²) in [6.07, 6.45) is 1.84. The Morgan fingerprint density at radius 2 is 1.93 bits per heavy atom. The fourth-order valence-corrected chi connectivity index (χ4v) is 3.61. The van der Waals surface area contributed by atoms with Gasteiger partial charge in [0.05, 0.1) is 0 Å². The lowest BCUT2D eigenvalue weighted by Gasteiger charge is -2.28. The number of rotatable bonds is 5. The molecule has 2 aromatic carbocycles. The highest BCUT2D eigenvalue weighted by atomic mass is 35.5. The number of carbonyl (C=O) groups is 1. The van der Waals surface area contributed by atoms with Crippen LogP contribution in [-0.4, -0.2) is 24.5 Å². The molecule has 5 nitrogen and oxygen atoms in total. The van der Waals surface area contributed by atoms with Crippen LogP contribution in [0.1, 0.15) is 35.9 Å². The molecule has 1 saturated heterocycles. The first-order chi connectivity index (χ1) is 13.2. The van der Waals surface area contributed by atoms with Crippen molar-refractivity contribution in [1.29, 1.82) is 0 Å². The van der Waals surface area contributed by atoms with Gasteiger partial charge in [-0.15, -0.1) is 12.4 Å². The van der Waals surface area contributed by atoms with Crippen LogP contribution in [0.5, 0.6) is 5.75 Å². The van der Waals surface area contributed by atoms with E-state index in [0.717, 1.165) is 36.1 Å². The number of carbonyl (C=O) groups excluding carboxylic acids is 1. The number of hydrogen-bond acceptors (Lipinski definition) is 4. The number of furan rings is 1. The topological polar surface area (TPSA) is 63.5 Å². The third-order valence-corrected chi connectivity index (χ3v) is 4.99. The molecule has 0 saturated carbocycles. The van der Waals surface area contributed by atoms with Crippen molar-refractivity contribution in [3.8, 4) is 5.75 Å². The van der Waals surface area contributed by atoms with Gasteiger partial charge in [-0.3, -0.25) is 4.79 Å². The maximum absolute atomic E-state index is 12.9. The van der Waals surface area contributed by atoms with Crippen LogP contribution >= 0.6 is 12.4 Å². The van der Waals surface area contributed by atoms with Crippen molar-refractivity contribution >= 4 is 29.3 Å². The quantitative estimate of drug-likeness (QED) is 0.670. The van der Waals surface area contributed by atoms with Crippen molar-refractivity contribution < 1.29 is 13.9 Å². The second-order valence-corrected chi connectivity index (χ2v) is 7.06. The third-order valence-electron chi connectivity index (χ3n) is 4.99. The summed E-state index contributed by atoms with van der Waals surface area (Å²) in [6.45, 7) is 3.33. The van der Waals surface area contributed by atoms with Gasteiger partial charge < -0.3 is 19.8 Å². The second-order valence-electron chi connectivity index (χ2n) is 7.06. The first-order valence-corrected chi connectivity index (χ1v) is 9.43. The van der Waals surface area contributed by atoms with Gasteiger partial charge in [-0.05, 0) is 44.5 Å². The predicted molar refractivity (Wildman–Crippen MR) is 112 cm³/mol. The summed E-state index contributed by atoms with van der Waals surface area (Å²) in [6, 6.07) is 17.9. The Morgan fingerprint density at radius 3 is 2.71 bits per heavy atom. The zero-order valence-corrected chi connectivity index (χ0v) is 16.6. The van der Waals surface area contributed by atoms with Crippen LogP contribution in [0, 0.1) is 0 Å². The second kappa shape index (κ2) is 9.13. The molecule has 2 heterocycles. The molecular weight excluding hydrogens is 376 g/mol. The van der Waals surface area contributed by atoms with E-state index >= 15 is 0 Å². The maximum atomic E-state index is 12.9. The van der Waals surface area contributed by atoms with Gasteiger partial charge in [-0.25, -0.2) is 0 Å². The number of ether oxygens (including phenoxy) is 1. The number of fused-ring (bicyclic) bond motifs is 1. The third kappa shape index (κ3) is 4.49. The van der Waals surface area contributed by atoms with Crippen molar-refractivity contribution in [2.24, 2.45) is 0 Å². The minimum Gasteiger partial charge on any atom is -0.489 e. The average Bonchev–Trinajstić information content (AvgIpc) is 3.06. The van der Waals surface area contributed by atoms with Crippen LogP contribution < -0.4 is 15.4 Å². The SMILES string of the molecule is CC1CC(NC(=O)c2oc3ccccc3c2COc2ccccc2)CCN1.Cl. The molecule has 2 N–H and O–H groups in total. The monoisotopic (exact) mass is 400 g/mol. The van der Waals surface area contributed by atoms with E-state index in [4.69, 9.17) is 9.15 Å². The van der Waals surface area contributed by atoms with E-state index in [-0.39, 0.29) is 31.0 Å². The summed E-state index contributed by atoms with van der Waals surface area (Å²) in [7, 11) is 0. The molecule has 1 amide bonds. The summed E-state index contributed by atoms with van der Waals surface area (Å²) in [5.74, 6) is 0.941. The first kappa shape index (κ1) is 20.2. The number of piperidine rings is 1. The molecule has 3 aromatic rings. The molecule has 2 unspecified atom stereocenters. The molecule has 6 heteroatoms. The molecule has 0 spiro atoms. The summed E-state index contributed by atoms with van der Waals surface area (Å²) < 4.78 is 11.8. The number of halogens is 1. The Bertz CT molecular complexity index is 926. The maximum Gasteiger partial charge on any atom is 0.287 e. The van der Waals surface area contributed by atoms with Crippen molar-refractivity contribution in [3.63, 3.8) is 0 Å². The Labute approximate surface area is 170 Å². The van der Waals surface area contributed by atoms with Crippen LogP contribution in [-0.2, 0) is 6.61 Å². The fourth-order valence-electron chi connectivity index (χ4n) is 3.61. The van der Waals surface area contributed by atoms with E-state index in [9.17, 15) is 4.79 Å². The van der Waals surface area contributed by atoms with E-state index in [1.165, 1.54) is 0 Å². The van der Waals surface area contributed by atoms with E-state index in [2.05, 4.69) is 17.6 Å². The van der Waals surface area contributed by atoms with Gasteiger partial charge in [0.15, 0.2) is 5.76 Å². The smallest absolute Gasteiger partial charge is 0.287 e. The Morgan fingerprint density at radius 1 is 1.18 bits per heavy atom. The highest BCUT2D eigenvalue weighted by Gasteiger charge is 2.25. The van der Waals surface area contributed by atoms with Crippen molar-refractivity contribution in [2.75, 3.05) is 6.54 Å². The molecular formula is C22H25ClN2O3. The Balaban J connectivity index is 0.00000225. The van der Waals surface area contributed by atoms with Crippen LogP contribution in [0.25, 0.3) is 11.0 Å². The van der Waals surface area contributed by atoms with Crippen LogP contribution in [0.3, 0.4) is 0 Å². The largest absolute Gasteiger partial charge is 0.489 e. The van der Waals surface area contributed by atoms with E-state index < -0.39 is 0 Å². The van der Waals surface area contributed by atoms with Crippen LogP contribution in [0.15, 0.2) is 59.0 Å². The van der Waals surface area contributed by atoms with E-state index in [1.54, 1.807) is 0 Å². The van der Waals surface area contributed by atoms with Gasteiger partial charge in [-0.1, -0.05) is 36.4 Å². The predicted octanol–water partition coefficient (Wildman–Crippen LogP) is 4.30. The molecule has 4 rings (SSSR count). The first-order valence-electron chi connectivity index (χ1n) is 9.43. The number of amides is 1. The van der Waals surface area contributed by atoms with E-state index in [0.29, 0.717) is 17.4 Å². The molecule has 1 aliphatic heterocycles. The number of benzene rings is 2. The molecule has 0 radical (unpaired) electrons. The highest BCUT2D eigenvalue weighted by Crippen LogP contribution is 2.27. The summed E-state index contributed by atoms with van der Waals surface area (Å²) in [4.78, 5) is 12.9. The molecule has 1 aliphatic rings. The fraction of sp³-hybridized carbons (Fsp3) is 0.318. The summed E-state index contributed by atoms with van der Waals surface area (Å²) >= 11 is 0. The van der Waals surface area contributed by atoms with Crippen LogP contribution in [0.4, 0.5) is 0 Å². The zero-order chi connectivity index (χ0) is 18.6. The molecule has 1 aromatic heterocycles. The molecule has 148 valence electrons. The molecule has 0 bridgehead atoms. The minimum absolute atomic E-state index is 0. The normalized spacial score (nSPS) is 19.0. The number of nitrogens with one attached hydrogen (secondary N) is 2. The molecule has 2 atom stereocenters. The zero-order valence-electron chi connectivity index (χ0n) is 15.8. The van der Waals surface area contributed by atoms with Crippen LogP contribution in [0.2, 0.25) is 0 Å². The van der Waals surface area contributed by atoms with Gasteiger partial charge in [-0.2, -0.15) is 0 Å². The van der Waals surface area contributed by atoms with Gasteiger partial charge in [0.2, 0.25) is 0 Å². The average molecular weight is 401 g/mol. The molecule has 1 fully saturated rings. The van der Waals surface area contributed by atoms with Crippen molar-refractivity contribution in [2.45, 2.75) is 38.5 Å². The minimum atomic E-state index is -0.169. The lowest BCUT2D eigenvalue weighted by atomic mass is 10.0. The lowest BCUT2D eigenvalue weighted by molar-refractivity contribution is 0.0896. The molecule has 28 heavy (non-hydrogen) atoms. The van der Waals surface area contributed by atoms with E-state index in [1.807, 2.05) is 54.6 Å².